The number of benzene rings is 1. The minimum atomic E-state index is 0.0490. The van der Waals surface area contributed by atoms with Crippen LogP contribution in [0.5, 0.6) is 0 Å². The average Bonchev–Trinajstić information content (AvgIpc) is 2.79. The molecule has 0 spiro atoms. The van der Waals surface area contributed by atoms with Crippen molar-refractivity contribution >= 4 is 11.7 Å². The standard InChI is InChI=1S/C23H30N4O/c28-23(24-16-18-8-3-1-4-9-18)20-12-7-15-27(17-20)22-14-13-21(25-26-22)19-10-5-2-6-11-19/h2,5-6,10-11,13-14,18,20H,1,3-4,7-9,12,15-17H2,(H,24,28). The molecule has 1 N–H and O–H groups in total. The number of nitrogens with one attached hydrogen (secondary N) is 1. The molecule has 5 nitrogen and oxygen atoms in total. The van der Waals surface area contributed by atoms with Gasteiger partial charge in [-0.25, -0.2) is 0 Å². The highest BCUT2D eigenvalue weighted by molar-refractivity contribution is 5.79. The topological polar surface area (TPSA) is 58.1 Å². The van der Waals surface area contributed by atoms with Crippen molar-refractivity contribution in [3.63, 3.8) is 0 Å². The number of carbonyl (C=O) groups is 1. The van der Waals surface area contributed by atoms with Gasteiger partial charge < -0.3 is 10.2 Å². The highest BCUT2D eigenvalue weighted by Crippen LogP contribution is 2.25. The van der Waals surface area contributed by atoms with E-state index in [4.69, 9.17) is 0 Å². The number of nitrogens with zero attached hydrogens (tertiary/aromatic N) is 3. The van der Waals surface area contributed by atoms with Gasteiger partial charge in [-0.2, -0.15) is 0 Å². The van der Waals surface area contributed by atoms with Gasteiger partial charge in [0.2, 0.25) is 5.91 Å². The number of amides is 1. The van der Waals surface area contributed by atoms with Crippen molar-refractivity contribution in [2.75, 3.05) is 24.5 Å². The van der Waals surface area contributed by atoms with E-state index >= 15 is 0 Å². The van der Waals surface area contributed by atoms with Gasteiger partial charge in [0.25, 0.3) is 0 Å². The summed E-state index contributed by atoms with van der Waals surface area (Å²) in [6.45, 7) is 2.52. The van der Waals surface area contributed by atoms with E-state index < -0.39 is 0 Å². The molecule has 148 valence electrons. The fourth-order valence-electron chi connectivity index (χ4n) is 4.44. The molecule has 2 heterocycles. The molecule has 2 fully saturated rings. The van der Waals surface area contributed by atoms with Gasteiger partial charge in [0.1, 0.15) is 0 Å². The van der Waals surface area contributed by atoms with E-state index in [1.54, 1.807) is 0 Å². The third-order valence-electron chi connectivity index (χ3n) is 6.13. The first-order chi connectivity index (χ1) is 13.8. The predicted octanol–water partition coefficient (Wildman–Crippen LogP) is 4.06. The fourth-order valence-corrected chi connectivity index (χ4v) is 4.44. The molecule has 1 aliphatic carbocycles. The van der Waals surface area contributed by atoms with Gasteiger partial charge in [-0.1, -0.05) is 49.6 Å². The zero-order valence-electron chi connectivity index (χ0n) is 16.5. The Morgan fingerprint density at radius 2 is 1.79 bits per heavy atom. The van der Waals surface area contributed by atoms with Crippen molar-refractivity contribution in [1.29, 1.82) is 0 Å². The molecule has 5 heteroatoms. The molecule has 28 heavy (non-hydrogen) atoms. The SMILES string of the molecule is O=C(NCC1CCCCC1)C1CCCN(c2ccc(-c3ccccc3)nn2)C1. The summed E-state index contributed by atoms with van der Waals surface area (Å²) < 4.78 is 0. The summed E-state index contributed by atoms with van der Waals surface area (Å²) in [5.74, 6) is 1.80. The highest BCUT2D eigenvalue weighted by atomic mass is 16.1. The first-order valence-electron chi connectivity index (χ1n) is 10.7. The maximum absolute atomic E-state index is 12.7. The zero-order chi connectivity index (χ0) is 19.2. The Hall–Kier alpha value is -2.43. The van der Waals surface area contributed by atoms with Gasteiger partial charge in [0.05, 0.1) is 11.6 Å². The smallest absolute Gasteiger partial charge is 0.224 e. The van der Waals surface area contributed by atoms with Gasteiger partial charge in [0, 0.05) is 25.2 Å². The Morgan fingerprint density at radius 3 is 2.54 bits per heavy atom. The Morgan fingerprint density at radius 1 is 0.964 bits per heavy atom. The second kappa shape index (κ2) is 9.18. The third-order valence-corrected chi connectivity index (χ3v) is 6.13. The second-order valence-electron chi connectivity index (χ2n) is 8.18. The van der Waals surface area contributed by atoms with E-state index in [0.717, 1.165) is 49.6 Å². The number of carbonyl (C=O) groups excluding carboxylic acids is 1. The van der Waals surface area contributed by atoms with Crippen LogP contribution in [0.4, 0.5) is 5.82 Å². The lowest BCUT2D eigenvalue weighted by Crippen LogP contribution is -2.44. The molecule has 1 aliphatic heterocycles. The maximum atomic E-state index is 12.7. The highest BCUT2D eigenvalue weighted by Gasteiger charge is 2.27. The molecule has 1 atom stereocenters. The van der Waals surface area contributed by atoms with E-state index in [2.05, 4.69) is 20.4 Å². The normalized spacial score (nSPS) is 20.7. The van der Waals surface area contributed by atoms with Crippen LogP contribution < -0.4 is 10.2 Å². The minimum absolute atomic E-state index is 0.0490. The monoisotopic (exact) mass is 378 g/mol. The quantitative estimate of drug-likeness (QED) is 0.852. The van der Waals surface area contributed by atoms with Crippen LogP contribution >= 0.6 is 0 Å². The number of piperidine rings is 1. The van der Waals surface area contributed by atoms with Crippen molar-refractivity contribution < 1.29 is 4.79 Å². The maximum Gasteiger partial charge on any atom is 0.224 e. The van der Waals surface area contributed by atoms with Crippen LogP contribution in [0.1, 0.15) is 44.9 Å². The predicted molar refractivity (Wildman–Crippen MR) is 112 cm³/mol. The summed E-state index contributed by atoms with van der Waals surface area (Å²) in [4.78, 5) is 14.9. The van der Waals surface area contributed by atoms with Gasteiger partial charge in [-0.05, 0) is 43.7 Å². The molecule has 1 amide bonds. The lowest BCUT2D eigenvalue weighted by molar-refractivity contribution is -0.125. The molecule has 0 radical (unpaired) electrons. The first kappa shape index (κ1) is 18.9. The van der Waals surface area contributed by atoms with Crippen LogP contribution in [0.25, 0.3) is 11.3 Å². The summed E-state index contributed by atoms with van der Waals surface area (Å²) in [6.07, 6.45) is 8.49. The van der Waals surface area contributed by atoms with Crippen molar-refractivity contribution in [3.05, 3.63) is 42.5 Å². The van der Waals surface area contributed by atoms with Crippen molar-refractivity contribution in [2.45, 2.75) is 44.9 Å². The van der Waals surface area contributed by atoms with E-state index in [0.29, 0.717) is 5.92 Å². The molecule has 0 bridgehead atoms. The van der Waals surface area contributed by atoms with E-state index in [-0.39, 0.29) is 11.8 Å². The number of hydrogen-bond donors (Lipinski definition) is 1. The lowest BCUT2D eigenvalue weighted by Gasteiger charge is -2.33. The molecule has 1 aromatic heterocycles. The van der Waals surface area contributed by atoms with E-state index in [1.807, 2.05) is 42.5 Å². The molecule has 1 unspecified atom stereocenters. The van der Waals surface area contributed by atoms with Crippen LogP contribution in [0.2, 0.25) is 0 Å². The number of aromatic nitrogens is 2. The molecule has 2 aromatic rings. The summed E-state index contributed by atoms with van der Waals surface area (Å²) in [5, 5.41) is 12.1. The van der Waals surface area contributed by atoms with Gasteiger partial charge in [-0.15, -0.1) is 10.2 Å². The van der Waals surface area contributed by atoms with Crippen molar-refractivity contribution in [2.24, 2.45) is 11.8 Å². The minimum Gasteiger partial charge on any atom is -0.356 e. The van der Waals surface area contributed by atoms with Crippen LogP contribution in [-0.2, 0) is 4.79 Å². The molecule has 1 saturated carbocycles. The van der Waals surface area contributed by atoms with Crippen LogP contribution in [-0.4, -0.2) is 35.7 Å². The molecular weight excluding hydrogens is 348 g/mol. The summed E-state index contributed by atoms with van der Waals surface area (Å²) >= 11 is 0. The number of anilines is 1. The van der Waals surface area contributed by atoms with E-state index in [9.17, 15) is 4.79 Å². The molecular formula is C23H30N4O. The molecule has 1 saturated heterocycles. The summed E-state index contributed by atoms with van der Waals surface area (Å²) in [6, 6.07) is 14.1. The third kappa shape index (κ3) is 4.70. The number of hydrogen-bond acceptors (Lipinski definition) is 4. The van der Waals surface area contributed by atoms with Crippen molar-refractivity contribution in [1.82, 2.24) is 15.5 Å². The first-order valence-corrected chi connectivity index (χ1v) is 10.7. The van der Waals surface area contributed by atoms with Crippen LogP contribution in [0.15, 0.2) is 42.5 Å². The lowest BCUT2D eigenvalue weighted by atomic mass is 9.89. The number of rotatable bonds is 5. The summed E-state index contributed by atoms with van der Waals surface area (Å²) in [7, 11) is 0. The van der Waals surface area contributed by atoms with Gasteiger partial charge in [0.15, 0.2) is 5.82 Å². The molecule has 1 aromatic carbocycles. The van der Waals surface area contributed by atoms with Crippen molar-refractivity contribution in [3.8, 4) is 11.3 Å². The fraction of sp³-hybridized carbons (Fsp3) is 0.522. The Labute approximate surface area is 167 Å². The van der Waals surface area contributed by atoms with Gasteiger partial charge in [-0.3, -0.25) is 4.79 Å². The van der Waals surface area contributed by atoms with Crippen LogP contribution in [0, 0.1) is 11.8 Å². The van der Waals surface area contributed by atoms with Crippen LogP contribution in [0.3, 0.4) is 0 Å². The van der Waals surface area contributed by atoms with E-state index in [1.165, 1.54) is 32.1 Å². The Kier molecular flexibility index (Phi) is 6.20. The molecule has 2 aliphatic rings. The summed E-state index contributed by atoms with van der Waals surface area (Å²) in [5.41, 5.74) is 1.95. The molecule has 4 rings (SSSR count). The zero-order valence-corrected chi connectivity index (χ0v) is 16.5. The second-order valence-corrected chi connectivity index (χ2v) is 8.18. The van der Waals surface area contributed by atoms with Gasteiger partial charge >= 0.3 is 0 Å². The Balaban J connectivity index is 1.33. The average molecular weight is 379 g/mol. The largest absolute Gasteiger partial charge is 0.356 e. The Bertz CT molecular complexity index is 756.